The number of anilines is 1. The first-order chi connectivity index (χ1) is 6.33. The normalized spacial score (nSPS) is 10.0. The first kappa shape index (κ1) is 10.3. The Labute approximate surface area is 83.5 Å². The van der Waals surface area contributed by atoms with Gasteiger partial charge in [0.05, 0.1) is 5.02 Å². The second kappa shape index (κ2) is 5.78. The summed E-state index contributed by atoms with van der Waals surface area (Å²) in [5, 5.41) is 6.95. The predicted molar refractivity (Wildman–Crippen MR) is 56.3 cm³/mol. The van der Waals surface area contributed by atoms with Gasteiger partial charge in [0.25, 0.3) is 0 Å². The van der Waals surface area contributed by atoms with Gasteiger partial charge in [-0.05, 0) is 32.1 Å². The molecular formula is C9H14ClN3. The van der Waals surface area contributed by atoms with Gasteiger partial charge in [0.1, 0.15) is 5.82 Å². The van der Waals surface area contributed by atoms with E-state index >= 15 is 0 Å². The van der Waals surface area contributed by atoms with E-state index in [0.29, 0.717) is 5.02 Å². The first-order valence-corrected chi connectivity index (χ1v) is 4.71. The van der Waals surface area contributed by atoms with Crippen LogP contribution in [-0.2, 0) is 0 Å². The maximum atomic E-state index is 5.70. The van der Waals surface area contributed by atoms with Crippen LogP contribution in [0.15, 0.2) is 18.3 Å². The Balaban J connectivity index is 2.25. The number of hydrogen-bond donors (Lipinski definition) is 2. The molecule has 0 aromatic carbocycles. The SMILES string of the molecule is CNCCCNc1ccc(Cl)cn1. The molecule has 13 heavy (non-hydrogen) atoms. The zero-order valence-corrected chi connectivity index (χ0v) is 8.43. The van der Waals surface area contributed by atoms with E-state index in [2.05, 4.69) is 15.6 Å². The molecule has 0 amide bonds. The van der Waals surface area contributed by atoms with Gasteiger partial charge in [0.2, 0.25) is 0 Å². The topological polar surface area (TPSA) is 37.0 Å². The lowest BCUT2D eigenvalue weighted by Gasteiger charge is -2.04. The van der Waals surface area contributed by atoms with E-state index in [0.717, 1.165) is 25.3 Å². The summed E-state index contributed by atoms with van der Waals surface area (Å²) in [5.74, 6) is 0.875. The van der Waals surface area contributed by atoms with Gasteiger partial charge in [-0.25, -0.2) is 4.98 Å². The van der Waals surface area contributed by atoms with Gasteiger partial charge in [-0.2, -0.15) is 0 Å². The molecule has 0 fully saturated rings. The van der Waals surface area contributed by atoms with Gasteiger partial charge >= 0.3 is 0 Å². The zero-order valence-electron chi connectivity index (χ0n) is 7.68. The Hall–Kier alpha value is -0.800. The summed E-state index contributed by atoms with van der Waals surface area (Å²) in [4.78, 5) is 4.11. The molecule has 0 radical (unpaired) electrons. The number of hydrogen-bond acceptors (Lipinski definition) is 3. The van der Waals surface area contributed by atoms with E-state index in [1.165, 1.54) is 0 Å². The van der Waals surface area contributed by atoms with Crippen molar-refractivity contribution in [2.45, 2.75) is 6.42 Å². The highest BCUT2D eigenvalue weighted by atomic mass is 35.5. The second-order valence-corrected chi connectivity index (χ2v) is 3.18. The fourth-order valence-corrected chi connectivity index (χ4v) is 1.07. The standard InChI is InChI=1S/C9H14ClN3/c1-11-5-2-6-12-9-4-3-8(10)7-13-9/h3-4,7,11H,2,5-6H2,1H3,(H,12,13). The highest BCUT2D eigenvalue weighted by molar-refractivity contribution is 6.30. The summed E-state index contributed by atoms with van der Waals surface area (Å²) in [6.07, 6.45) is 2.72. The summed E-state index contributed by atoms with van der Waals surface area (Å²) in [7, 11) is 1.94. The van der Waals surface area contributed by atoms with Crippen molar-refractivity contribution in [3.8, 4) is 0 Å². The van der Waals surface area contributed by atoms with Crippen LogP contribution in [0.3, 0.4) is 0 Å². The van der Waals surface area contributed by atoms with Gasteiger partial charge in [-0.15, -0.1) is 0 Å². The van der Waals surface area contributed by atoms with Gasteiger partial charge in [0.15, 0.2) is 0 Å². The molecule has 0 aliphatic heterocycles. The van der Waals surface area contributed by atoms with Crippen LogP contribution in [0.4, 0.5) is 5.82 Å². The zero-order chi connectivity index (χ0) is 9.52. The van der Waals surface area contributed by atoms with Gasteiger partial charge in [-0.3, -0.25) is 0 Å². The predicted octanol–water partition coefficient (Wildman–Crippen LogP) is 1.76. The number of halogens is 1. The minimum Gasteiger partial charge on any atom is -0.370 e. The fraction of sp³-hybridized carbons (Fsp3) is 0.444. The van der Waals surface area contributed by atoms with Gasteiger partial charge in [-0.1, -0.05) is 11.6 Å². The molecule has 0 unspecified atom stereocenters. The average molecular weight is 200 g/mol. The molecule has 0 saturated carbocycles. The van der Waals surface area contributed by atoms with Crippen molar-refractivity contribution in [1.29, 1.82) is 0 Å². The third kappa shape index (κ3) is 4.10. The molecule has 2 N–H and O–H groups in total. The monoisotopic (exact) mass is 199 g/mol. The molecule has 3 nitrogen and oxygen atoms in total. The highest BCUT2D eigenvalue weighted by Crippen LogP contribution is 2.08. The lowest BCUT2D eigenvalue weighted by atomic mass is 10.4. The van der Waals surface area contributed by atoms with Crippen molar-refractivity contribution in [3.05, 3.63) is 23.4 Å². The second-order valence-electron chi connectivity index (χ2n) is 2.75. The van der Waals surface area contributed by atoms with Crippen molar-refractivity contribution in [2.24, 2.45) is 0 Å². The molecule has 1 aromatic heterocycles. The van der Waals surface area contributed by atoms with E-state index in [4.69, 9.17) is 11.6 Å². The minimum atomic E-state index is 0.667. The molecule has 1 heterocycles. The summed E-state index contributed by atoms with van der Waals surface area (Å²) in [6.45, 7) is 1.94. The van der Waals surface area contributed by atoms with Crippen LogP contribution in [0, 0.1) is 0 Å². The number of aromatic nitrogens is 1. The number of nitrogens with zero attached hydrogens (tertiary/aromatic N) is 1. The van der Waals surface area contributed by atoms with Crippen molar-refractivity contribution in [3.63, 3.8) is 0 Å². The third-order valence-corrected chi connectivity index (χ3v) is 1.86. The largest absolute Gasteiger partial charge is 0.370 e. The molecule has 0 spiro atoms. The van der Waals surface area contributed by atoms with Crippen molar-refractivity contribution >= 4 is 17.4 Å². The molecule has 72 valence electrons. The lowest BCUT2D eigenvalue weighted by Crippen LogP contribution is -2.13. The van der Waals surface area contributed by atoms with Gasteiger partial charge in [0, 0.05) is 12.7 Å². The quantitative estimate of drug-likeness (QED) is 0.710. The summed E-state index contributed by atoms with van der Waals surface area (Å²) in [6, 6.07) is 3.71. The highest BCUT2D eigenvalue weighted by Gasteiger charge is 1.92. The molecule has 0 aliphatic carbocycles. The molecule has 1 aromatic rings. The molecule has 0 bridgehead atoms. The van der Waals surface area contributed by atoms with Crippen LogP contribution in [0.5, 0.6) is 0 Å². The van der Waals surface area contributed by atoms with Crippen molar-refractivity contribution in [1.82, 2.24) is 10.3 Å². The van der Waals surface area contributed by atoms with E-state index in [9.17, 15) is 0 Å². The smallest absolute Gasteiger partial charge is 0.125 e. The first-order valence-electron chi connectivity index (χ1n) is 4.33. The van der Waals surface area contributed by atoms with Crippen LogP contribution in [0.25, 0.3) is 0 Å². The maximum absolute atomic E-state index is 5.70. The van der Waals surface area contributed by atoms with Crippen LogP contribution in [0.2, 0.25) is 5.02 Å². The number of rotatable bonds is 5. The van der Waals surface area contributed by atoms with E-state index in [-0.39, 0.29) is 0 Å². The Kier molecular flexibility index (Phi) is 4.57. The van der Waals surface area contributed by atoms with E-state index in [1.54, 1.807) is 6.20 Å². The number of pyridine rings is 1. The van der Waals surface area contributed by atoms with E-state index < -0.39 is 0 Å². The summed E-state index contributed by atoms with van der Waals surface area (Å²) >= 11 is 5.70. The molecule has 0 aliphatic rings. The Morgan fingerprint density at radius 3 is 2.85 bits per heavy atom. The lowest BCUT2D eigenvalue weighted by molar-refractivity contribution is 0.747. The molecule has 0 atom stereocenters. The molecule has 1 rings (SSSR count). The summed E-state index contributed by atoms with van der Waals surface area (Å²) < 4.78 is 0. The number of nitrogens with one attached hydrogen (secondary N) is 2. The third-order valence-electron chi connectivity index (χ3n) is 1.64. The van der Waals surface area contributed by atoms with Crippen LogP contribution >= 0.6 is 11.6 Å². The van der Waals surface area contributed by atoms with Crippen LogP contribution in [-0.4, -0.2) is 25.1 Å². The average Bonchev–Trinajstić information content (AvgIpc) is 2.15. The summed E-state index contributed by atoms with van der Waals surface area (Å²) in [5.41, 5.74) is 0. The Bertz CT molecular complexity index is 235. The Morgan fingerprint density at radius 2 is 2.23 bits per heavy atom. The van der Waals surface area contributed by atoms with Crippen LogP contribution < -0.4 is 10.6 Å². The molecule has 0 saturated heterocycles. The fourth-order valence-electron chi connectivity index (χ4n) is 0.962. The molecular weight excluding hydrogens is 186 g/mol. The van der Waals surface area contributed by atoms with Crippen LogP contribution in [0.1, 0.15) is 6.42 Å². The van der Waals surface area contributed by atoms with Gasteiger partial charge < -0.3 is 10.6 Å². The van der Waals surface area contributed by atoms with Crippen molar-refractivity contribution in [2.75, 3.05) is 25.5 Å². The molecule has 4 heteroatoms. The minimum absolute atomic E-state index is 0.667. The Morgan fingerprint density at radius 1 is 1.38 bits per heavy atom. The van der Waals surface area contributed by atoms with E-state index in [1.807, 2.05) is 19.2 Å². The maximum Gasteiger partial charge on any atom is 0.125 e. The van der Waals surface area contributed by atoms with Crippen molar-refractivity contribution < 1.29 is 0 Å².